The molecule has 2 heterocycles. The van der Waals surface area contributed by atoms with Gasteiger partial charge < -0.3 is 4.90 Å². The van der Waals surface area contributed by atoms with E-state index in [1.165, 1.54) is 5.56 Å². The monoisotopic (exact) mass is 435 g/mol. The molecule has 24 heavy (non-hydrogen) atoms. The number of piperidine rings is 1. The van der Waals surface area contributed by atoms with Crippen molar-refractivity contribution in [2.45, 2.75) is 19.3 Å². The maximum Gasteiger partial charge on any atom is 0.268 e. The van der Waals surface area contributed by atoms with Gasteiger partial charge in [0.2, 0.25) is 5.95 Å². The van der Waals surface area contributed by atoms with Gasteiger partial charge in [0, 0.05) is 37.3 Å². The second-order valence-electron chi connectivity index (χ2n) is 6.70. The van der Waals surface area contributed by atoms with E-state index in [1.807, 2.05) is 40.8 Å². The number of rotatable bonds is 1. The van der Waals surface area contributed by atoms with E-state index in [-0.39, 0.29) is 11.0 Å². The average Bonchev–Trinajstić information content (AvgIpc) is 2.87. The van der Waals surface area contributed by atoms with Crippen LogP contribution in [0.4, 0.5) is 5.95 Å². The molecule has 1 aromatic carbocycles. The molecule has 1 aliphatic heterocycles. The van der Waals surface area contributed by atoms with Crippen LogP contribution in [0.3, 0.4) is 0 Å². The molecule has 124 valence electrons. The number of carbonyl (C=O) groups excluding carboxylic acids is 1. The third kappa shape index (κ3) is 2.30. The van der Waals surface area contributed by atoms with Crippen molar-refractivity contribution in [3.05, 3.63) is 55.5 Å². The molecule has 0 atom stereocenters. The predicted octanol–water partition coefficient (Wildman–Crippen LogP) is 2.41. The fraction of sp³-hybridized carbons (Fsp3) is 0.389. The average molecular weight is 435 g/mol. The van der Waals surface area contributed by atoms with Gasteiger partial charge in [0.15, 0.2) is 5.78 Å². The van der Waals surface area contributed by atoms with E-state index in [2.05, 4.69) is 16.0 Å². The number of nitrogens with zero attached hydrogens (tertiary/aromatic N) is 3. The number of ketones is 1. The minimum Gasteiger partial charge on any atom is -0.342 e. The van der Waals surface area contributed by atoms with Gasteiger partial charge in [0.05, 0.1) is 3.57 Å². The van der Waals surface area contributed by atoms with Crippen molar-refractivity contribution < 1.29 is 4.79 Å². The minimum absolute atomic E-state index is 0.0229. The number of Topliss-reactive ketones (excluding diaryl/α,β-unsaturated/α-hetero) is 1. The summed E-state index contributed by atoms with van der Waals surface area (Å²) in [4.78, 5) is 31.6. The lowest BCUT2D eigenvalue weighted by Gasteiger charge is -2.39. The van der Waals surface area contributed by atoms with Crippen molar-refractivity contribution in [2.24, 2.45) is 12.5 Å². The maximum atomic E-state index is 12.9. The predicted molar refractivity (Wildman–Crippen MR) is 101 cm³/mol. The molecular weight excluding hydrogens is 417 g/mol. The normalized spacial score (nSPS) is 18.9. The smallest absolute Gasteiger partial charge is 0.268 e. The van der Waals surface area contributed by atoms with Crippen LogP contribution in [0, 0.1) is 8.99 Å². The van der Waals surface area contributed by atoms with E-state index in [9.17, 15) is 9.59 Å². The first kappa shape index (κ1) is 15.8. The number of benzene rings is 1. The summed E-state index contributed by atoms with van der Waals surface area (Å²) in [7, 11) is 1.76. The van der Waals surface area contributed by atoms with Gasteiger partial charge in [-0.1, -0.05) is 24.3 Å². The third-order valence-corrected chi connectivity index (χ3v) is 6.12. The zero-order valence-corrected chi connectivity index (χ0v) is 15.6. The van der Waals surface area contributed by atoms with Gasteiger partial charge in [-0.25, -0.2) is 4.98 Å². The molecule has 0 radical (unpaired) electrons. The van der Waals surface area contributed by atoms with Crippen molar-refractivity contribution in [3.63, 3.8) is 0 Å². The summed E-state index contributed by atoms with van der Waals surface area (Å²) in [5, 5.41) is 0. The number of hydrogen-bond donors (Lipinski definition) is 0. The van der Waals surface area contributed by atoms with E-state index in [0.717, 1.165) is 37.9 Å². The largest absolute Gasteiger partial charge is 0.342 e. The summed E-state index contributed by atoms with van der Waals surface area (Å²) in [5.41, 5.74) is 1.79. The van der Waals surface area contributed by atoms with Crippen molar-refractivity contribution >= 4 is 34.3 Å². The molecule has 1 fully saturated rings. The molecule has 1 spiro atoms. The Labute approximate surface area is 153 Å². The van der Waals surface area contributed by atoms with E-state index in [4.69, 9.17) is 0 Å². The summed E-state index contributed by atoms with van der Waals surface area (Å²) in [5.74, 6) is 0.987. The second-order valence-corrected chi connectivity index (χ2v) is 7.86. The summed E-state index contributed by atoms with van der Waals surface area (Å²) in [6.07, 6.45) is 4.08. The molecule has 2 aliphatic rings. The van der Waals surface area contributed by atoms with Gasteiger partial charge in [-0.05, 0) is 47.4 Å². The number of aromatic nitrogens is 2. The Morgan fingerprint density at radius 1 is 1.17 bits per heavy atom. The van der Waals surface area contributed by atoms with Crippen LogP contribution in [0.5, 0.6) is 0 Å². The van der Waals surface area contributed by atoms with Crippen molar-refractivity contribution in [1.29, 1.82) is 0 Å². The lowest BCUT2D eigenvalue weighted by Crippen LogP contribution is -2.45. The zero-order chi connectivity index (χ0) is 16.9. The SMILES string of the molecule is Cn1c(N2CCC3(CC2)Cc2ccccc2C3=O)ncc(I)c1=O. The molecule has 6 heteroatoms. The Morgan fingerprint density at radius 2 is 1.88 bits per heavy atom. The molecule has 1 saturated heterocycles. The summed E-state index contributed by atoms with van der Waals surface area (Å²) < 4.78 is 2.22. The van der Waals surface area contributed by atoms with Crippen molar-refractivity contribution in [2.75, 3.05) is 18.0 Å². The molecule has 1 aliphatic carbocycles. The Morgan fingerprint density at radius 3 is 2.58 bits per heavy atom. The number of fused-ring (bicyclic) bond motifs is 1. The summed E-state index contributed by atoms with van der Waals surface area (Å²) in [6.45, 7) is 1.50. The molecular formula is C18H18IN3O2. The van der Waals surface area contributed by atoms with Gasteiger partial charge in [-0.15, -0.1) is 0 Å². The molecule has 0 amide bonds. The van der Waals surface area contributed by atoms with Crippen LogP contribution >= 0.6 is 22.6 Å². The fourth-order valence-corrected chi connectivity index (χ4v) is 4.47. The summed E-state index contributed by atoms with van der Waals surface area (Å²) >= 11 is 2.01. The van der Waals surface area contributed by atoms with Crippen LogP contribution in [0.1, 0.15) is 28.8 Å². The Kier molecular flexibility index (Phi) is 3.74. The van der Waals surface area contributed by atoms with Gasteiger partial charge >= 0.3 is 0 Å². The molecule has 4 rings (SSSR count). The van der Waals surface area contributed by atoms with Crippen LogP contribution < -0.4 is 10.5 Å². The molecule has 0 bridgehead atoms. The molecule has 0 N–H and O–H groups in total. The molecule has 0 unspecified atom stereocenters. The Bertz CT molecular complexity index is 882. The van der Waals surface area contributed by atoms with Gasteiger partial charge in [-0.2, -0.15) is 0 Å². The molecule has 5 nitrogen and oxygen atoms in total. The first-order valence-corrected chi connectivity index (χ1v) is 9.19. The summed E-state index contributed by atoms with van der Waals surface area (Å²) in [6, 6.07) is 7.96. The topological polar surface area (TPSA) is 55.2 Å². The van der Waals surface area contributed by atoms with Crippen LogP contribution in [0.2, 0.25) is 0 Å². The lowest BCUT2D eigenvalue weighted by atomic mass is 9.75. The van der Waals surface area contributed by atoms with E-state index in [1.54, 1.807) is 17.8 Å². The van der Waals surface area contributed by atoms with Crippen LogP contribution in [-0.4, -0.2) is 28.4 Å². The maximum absolute atomic E-state index is 12.9. The minimum atomic E-state index is -0.262. The molecule has 0 saturated carbocycles. The Hall–Kier alpha value is -1.70. The highest BCUT2D eigenvalue weighted by atomic mass is 127. The Balaban J connectivity index is 1.58. The van der Waals surface area contributed by atoms with E-state index >= 15 is 0 Å². The van der Waals surface area contributed by atoms with Crippen LogP contribution in [-0.2, 0) is 13.5 Å². The zero-order valence-electron chi connectivity index (χ0n) is 13.5. The van der Waals surface area contributed by atoms with Crippen molar-refractivity contribution in [1.82, 2.24) is 9.55 Å². The second kappa shape index (κ2) is 5.68. The highest BCUT2D eigenvalue weighted by Gasteiger charge is 2.47. The van der Waals surface area contributed by atoms with Gasteiger partial charge in [-0.3, -0.25) is 14.2 Å². The third-order valence-electron chi connectivity index (χ3n) is 5.38. The van der Waals surface area contributed by atoms with E-state index < -0.39 is 0 Å². The highest BCUT2D eigenvalue weighted by molar-refractivity contribution is 14.1. The lowest BCUT2D eigenvalue weighted by molar-refractivity contribution is 0.0774. The van der Waals surface area contributed by atoms with Crippen LogP contribution in [0.25, 0.3) is 0 Å². The number of anilines is 1. The quantitative estimate of drug-likeness (QED) is 0.646. The van der Waals surface area contributed by atoms with E-state index in [0.29, 0.717) is 15.3 Å². The number of carbonyl (C=O) groups is 1. The number of hydrogen-bond acceptors (Lipinski definition) is 4. The fourth-order valence-electron chi connectivity index (χ4n) is 3.97. The first-order valence-electron chi connectivity index (χ1n) is 8.11. The standard InChI is InChI=1S/C18H18IN3O2/c1-21-16(24)14(19)11-20-17(21)22-8-6-18(7-9-22)10-12-4-2-3-5-13(12)15(18)23/h2-5,11H,6-10H2,1H3. The van der Waals surface area contributed by atoms with Crippen LogP contribution in [0.15, 0.2) is 35.3 Å². The molecule has 2 aromatic rings. The van der Waals surface area contributed by atoms with Crippen molar-refractivity contribution in [3.8, 4) is 0 Å². The van der Waals surface area contributed by atoms with Gasteiger partial charge in [0.1, 0.15) is 0 Å². The first-order chi connectivity index (χ1) is 11.5. The highest BCUT2D eigenvalue weighted by Crippen LogP contribution is 2.44. The molecule has 1 aromatic heterocycles. The number of halogens is 1. The van der Waals surface area contributed by atoms with Gasteiger partial charge in [0.25, 0.3) is 5.56 Å².